The molecule has 3 aromatic rings. The number of fused-ring (bicyclic) bond motifs is 1. The molecule has 23 heavy (non-hydrogen) atoms. The topological polar surface area (TPSA) is 42.0 Å². The second kappa shape index (κ2) is 6.54. The zero-order valence-electron chi connectivity index (χ0n) is 11.4. The number of amides is 1. The lowest BCUT2D eigenvalue weighted by atomic mass is 10.1. The Morgan fingerprint density at radius 1 is 0.913 bits per heavy atom. The average Bonchev–Trinajstić information content (AvgIpc) is 2.51. The molecule has 1 aromatic heterocycles. The van der Waals surface area contributed by atoms with E-state index in [9.17, 15) is 4.79 Å². The van der Waals surface area contributed by atoms with Gasteiger partial charge in [-0.2, -0.15) is 0 Å². The number of anilines is 1. The maximum atomic E-state index is 12.5. The van der Waals surface area contributed by atoms with Crippen LogP contribution in [0, 0.1) is 0 Å². The van der Waals surface area contributed by atoms with Gasteiger partial charge in [-0.1, -0.05) is 52.5 Å². The molecule has 3 nitrogen and oxygen atoms in total. The quantitative estimate of drug-likeness (QED) is 0.578. The number of nitrogens with one attached hydrogen (secondary N) is 1. The van der Waals surface area contributed by atoms with Crippen LogP contribution in [0.25, 0.3) is 10.9 Å². The summed E-state index contributed by atoms with van der Waals surface area (Å²) in [7, 11) is 0. The van der Waals surface area contributed by atoms with Crippen LogP contribution in [-0.4, -0.2) is 10.9 Å². The normalized spacial score (nSPS) is 10.8. The van der Waals surface area contributed by atoms with Gasteiger partial charge in [0.1, 0.15) is 0 Å². The molecule has 1 heterocycles. The van der Waals surface area contributed by atoms with Crippen LogP contribution in [0.2, 0.25) is 20.1 Å². The van der Waals surface area contributed by atoms with Crippen LogP contribution >= 0.6 is 46.4 Å². The number of nitrogens with zero attached hydrogens (tertiary/aromatic N) is 1. The first kappa shape index (κ1) is 16.3. The molecule has 0 spiro atoms. The van der Waals surface area contributed by atoms with Crippen molar-refractivity contribution in [2.45, 2.75) is 0 Å². The van der Waals surface area contributed by atoms with Crippen molar-refractivity contribution in [2.75, 3.05) is 5.32 Å². The number of hydrogen-bond donors (Lipinski definition) is 1. The summed E-state index contributed by atoms with van der Waals surface area (Å²) in [6, 6.07) is 9.92. The maximum Gasteiger partial charge on any atom is 0.258 e. The highest BCUT2D eigenvalue weighted by Crippen LogP contribution is 2.36. The van der Waals surface area contributed by atoms with E-state index in [0.717, 1.165) is 0 Å². The van der Waals surface area contributed by atoms with E-state index in [1.807, 2.05) is 0 Å². The summed E-state index contributed by atoms with van der Waals surface area (Å²) in [6.07, 6.45) is 1.59. The molecule has 0 unspecified atom stereocenters. The summed E-state index contributed by atoms with van der Waals surface area (Å²) in [5.74, 6) is -0.475. The molecule has 0 atom stereocenters. The predicted octanol–water partition coefficient (Wildman–Crippen LogP) is 6.10. The number of benzene rings is 2. The van der Waals surface area contributed by atoms with Gasteiger partial charge in [-0.05, 0) is 30.3 Å². The van der Waals surface area contributed by atoms with Crippen LogP contribution in [-0.2, 0) is 0 Å². The highest BCUT2D eigenvalue weighted by atomic mass is 35.5. The van der Waals surface area contributed by atoms with Gasteiger partial charge in [-0.3, -0.25) is 9.78 Å². The fourth-order valence-corrected chi connectivity index (χ4v) is 3.31. The summed E-state index contributed by atoms with van der Waals surface area (Å²) in [4.78, 5) is 16.8. The van der Waals surface area contributed by atoms with Crippen molar-refractivity contribution >= 4 is 68.9 Å². The van der Waals surface area contributed by atoms with Crippen molar-refractivity contribution in [3.8, 4) is 0 Å². The molecule has 0 aliphatic carbocycles. The van der Waals surface area contributed by atoms with Crippen molar-refractivity contribution in [3.63, 3.8) is 0 Å². The predicted molar refractivity (Wildman–Crippen MR) is 96.2 cm³/mol. The van der Waals surface area contributed by atoms with Crippen LogP contribution in [0.3, 0.4) is 0 Å². The number of hydrogen-bond acceptors (Lipinski definition) is 2. The number of halogens is 4. The van der Waals surface area contributed by atoms with Gasteiger partial charge in [0.15, 0.2) is 0 Å². The lowest BCUT2D eigenvalue weighted by Crippen LogP contribution is -2.14. The van der Waals surface area contributed by atoms with E-state index < -0.39 is 5.91 Å². The number of carbonyl (C=O) groups is 1. The second-order valence-corrected chi connectivity index (χ2v) is 6.29. The molecule has 0 saturated carbocycles. The Labute approximate surface area is 152 Å². The van der Waals surface area contributed by atoms with E-state index in [1.54, 1.807) is 42.6 Å². The Morgan fingerprint density at radius 2 is 1.61 bits per heavy atom. The van der Waals surface area contributed by atoms with Crippen LogP contribution in [0.1, 0.15) is 10.4 Å². The first-order valence-electron chi connectivity index (χ1n) is 6.47. The van der Waals surface area contributed by atoms with Gasteiger partial charge in [0.2, 0.25) is 0 Å². The molecule has 7 heteroatoms. The summed E-state index contributed by atoms with van der Waals surface area (Å²) in [6.45, 7) is 0. The molecule has 0 fully saturated rings. The molecule has 0 aliphatic rings. The molecule has 1 amide bonds. The summed E-state index contributed by atoms with van der Waals surface area (Å²) >= 11 is 24.5. The fraction of sp³-hybridized carbons (Fsp3) is 0. The third-order valence-electron chi connectivity index (χ3n) is 3.22. The summed E-state index contributed by atoms with van der Waals surface area (Å²) in [5, 5.41) is 4.62. The highest BCUT2D eigenvalue weighted by Gasteiger charge is 2.18. The average molecular weight is 386 g/mol. The van der Waals surface area contributed by atoms with E-state index in [4.69, 9.17) is 46.4 Å². The number of pyridine rings is 1. The zero-order chi connectivity index (χ0) is 16.6. The monoisotopic (exact) mass is 384 g/mol. The SMILES string of the molecule is O=C(Nc1c(Cl)cc(Cl)c2cccnc12)c1c(Cl)cccc1Cl. The summed E-state index contributed by atoms with van der Waals surface area (Å²) in [5.41, 5.74) is 1.01. The molecule has 2 aromatic carbocycles. The zero-order valence-corrected chi connectivity index (χ0v) is 14.4. The smallest absolute Gasteiger partial charge is 0.258 e. The van der Waals surface area contributed by atoms with Gasteiger partial charge in [0.25, 0.3) is 5.91 Å². The van der Waals surface area contributed by atoms with Crippen molar-refractivity contribution < 1.29 is 4.79 Å². The Balaban J connectivity index is 2.10. The standard InChI is InChI=1S/C16H8Cl4N2O/c17-9-4-1-5-10(18)13(9)16(23)22-15-12(20)7-11(19)8-3-2-6-21-14(8)15/h1-7H,(H,22,23). The van der Waals surface area contributed by atoms with E-state index in [1.165, 1.54) is 0 Å². The minimum Gasteiger partial charge on any atom is -0.319 e. The van der Waals surface area contributed by atoms with E-state index >= 15 is 0 Å². The third kappa shape index (κ3) is 3.10. The van der Waals surface area contributed by atoms with Crippen molar-refractivity contribution in [1.29, 1.82) is 0 Å². The van der Waals surface area contributed by atoms with Crippen molar-refractivity contribution in [3.05, 3.63) is 68.2 Å². The lowest BCUT2D eigenvalue weighted by molar-refractivity contribution is 0.102. The fourth-order valence-electron chi connectivity index (χ4n) is 2.18. The highest BCUT2D eigenvalue weighted by molar-refractivity contribution is 6.43. The largest absolute Gasteiger partial charge is 0.319 e. The molecule has 0 bridgehead atoms. The van der Waals surface area contributed by atoms with Crippen molar-refractivity contribution in [1.82, 2.24) is 4.98 Å². The van der Waals surface area contributed by atoms with Gasteiger partial charge in [-0.15, -0.1) is 0 Å². The molecule has 0 saturated heterocycles. The molecule has 1 N–H and O–H groups in total. The van der Waals surface area contributed by atoms with Gasteiger partial charge < -0.3 is 5.32 Å². The summed E-state index contributed by atoms with van der Waals surface area (Å²) < 4.78 is 0. The minimum atomic E-state index is -0.475. The third-order valence-corrected chi connectivity index (χ3v) is 4.46. The Kier molecular flexibility index (Phi) is 4.64. The first-order valence-corrected chi connectivity index (χ1v) is 7.98. The van der Waals surface area contributed by atoms with Crippen LogP contribution in [0.15, 0.2) is 42.6 Å². The lowest BCUT2D eigenvalue weighted by Gasteiger charge is -2.12. The molecule has 0 aliphatic heterocycles. The van der Waals surface area contributed by atoms with Crippen LogP contribution < -0.4 is 5.32 Å². The van der Waals surface area contributed by atoms with E-state index in [2.05, 4.69) is 10.3 Å². The molecule has 116 valence electrons. The van der Waals surface area contributed by atoms with Crippen LogP contribution in [0.4, 0.5) is 5.69 Å². The molecule has 0 radical (unpaired) electrons. The number of carbonyl (C=O) groups excluding carboxylic acids is 1. The second-order valence-electron chi connectivity index (χ2n) is 4.67. The first-order chi connectivity index (χ1) is 11.0. The van der Waals surface area contributed by atoms with Crippen LogP contribution in [0.5, 0.6) is 0 Å². The van der Waals surface area contributed by atoms with Gasteiger partial charge >= 0.3 is 0 Å². The Hall–Kier alpha value is -1.52. The van der Waals surface area contributed by atoms with E-state index in [0.29, 0.717) is 21.6 Å². The van der Waals surface area contributed by atoms with Gasteiger partial charge in [0, 0.05) is 11.6 Å². The van der Waals surface area contributed by atoms with Crippen molar-refractivity contribution in [2.24, 2.45) is 0 Å². The number of aromatic nitrogens is 1. The maximum absolute atomic E-state index is 12.5. The Morgan fingerprint density at radius 3 is 2.30 bits per heavy atom. The van der Waals surface area contributed by atoms with Gasteiger partial charge in [0.05, 0.1) is 36.9 Å². The Bertz CT molecular complexity index is 907. The molecular formula is C16H8Cl4N2O. The molecule has 3 rings (SSSR count). The molecular weight excluding hydrogens is 378 g/mol. The number of rotatable bonds is 2. The van der Waals surface area contributed by atoms with Gasteiger partial charge in [-0.25, -0.2) is 0 Å². The minimum absolute atomic E-state index is 0.172. The van der Waals surface area contributed by atoms with E-state index in [-0.39, 0.29) is 20.6 Å².